The predicted molar refractivity (Wildman–Crippen MR) is 79.4 cm³/mol. The lowest BCUT2D eigenvalue weighted by atomic mass is 9.75. The Morgan fingerprint density at radius 2 is 1.65 bits per heavy atom. The molecule has 2 aromatic rings. The van der Waals surface area contributed by atoms with Gasteiger partial charge in [0.1, 0.15) is 5.82 Å². The second-order valence-corrected chi connectivity index (χ2v) is 5.36. The Labute approximate surface area is 119 Å². The predicted octanol–water partition coefficient (Wildman–Crippen LogP) is 4.77. The maximum Gasteiger partial charge on any atom is 0.163 e. The van der Waals surface area contributed by atoms with Crippen molar-refractivity contribution in [1.29, 1.82) is 0 Å². The number of halogens is 1. The largest absolute Gasteiger partial charge is 0.294 e. The third-order valence-electron chi connectivity index (χ3n) is 3.95. The molecule has 1 unspecified atom stereocenters. The van der Waals surface area contributed by atoms with Crippen LogP contribution in [0.3, 0.4) is 0 Å². The lowest BCUT2D eigenvalue weighted by Gasteiger charge is -2.28. The lowest BCUT2D eigenvalue weighted by Crippen LogP contribution is -2.26. The van der Waals surface area contributed by atoms with Crippen LogP contribution >= 0.6 is 0 Å². The van der Waals surface area contributed by atoms with E-state index in [2.05, 4.69) is 0 Å². The van der Waals surface area contributed by atoms with Crippen molar-refractivity contribution in [3.05, 3.63) is 71.5 Å². The van der Waals surface area contributed by atoms with Crippen molar-refractivity contribution in [1.82, 2.24) is 0 Å². The van der Waals surface area contributed by atoms with E-state index in [1.54, 1.807) is 24.3 Å². The van der Waals surface area contributed by atoms with E-state index in [-0.39, 0.29) is 11.6 Å². The molecule has 0 aliphatic heterocycles. The normalized spacial score (nSPS) is 13.8. The quantitative estimate of drug-likeness (QED) is 0.715. The van der Waals surface area contributed by atoms with Gasteiger partial charge < -0.3 is 0 Å². The zero-order valence-electron chi connectivity index (χ0n) is 11.9. The maximum atomic E-state index is 14.0. The fourth-order valence-electron chi connectivity index (χ4n) is 2.44. The zero-order chi connectivity index (χ0) is 14.6. The third kappa shape index (κ3) is 2.96. The second kappa shape index (κ2) is 6.00. The van der Waals surface area contributed by atoms with Gasteiger partial charge in [0.05, 0.1) is 0 Å². The van der Waals surface area contributed by atoms with Crippen molar-refractivity contribution < 1.29 is 9.18 Å². The number of Topliss-reactive ketones (excluding diaryl/α,β-unsaturated/α-hetero) is 1. The molecule has 0 bridgehead atoms. The minimum Gasteiger partial charge on any atom is -0.294 e. The molecule has 0 saturated heterocycles. The zero-order valence-corrected chi connectivity index (χ0v) is 11.9. The van der Waals surface area contributed by atoms with E-state index < -0.39 is 5.41 Å². The molecular weight excluding hydrogens is 251 g/mol. The van der Waals surface area contributed by atoms with Gasteiger partial charge in [-0.2, -0.15) is 0 Å². The fourth-order valence-corrected chi connectivity index (χ4v) is 2.44. The van der Waals surface area contributed by atoms with Crippen molar-refractivity contribution in [2.75, 3.05) is 0 Å². The number of hydrogen-bond acceptors (Lipinski definition) is 1. The lowest BCUT2D eigenvalue weighted by molar-refractivity contribution is 0.0951. The number of hydrogen-bond donors (Lipinski definition) is 0. The molecule has 0 saturated carbocycles. The molecule has 0 fully saturated rings. The fraction of sp³-hybridized carbons (Fsp3) is 0.278. The Morgan fingerprint density at radius 1 is 1.05 bits per heavy atom. The van der Waals surface area contributed by atoms with E-state index in [1.807, 2.05) is 38.1 Å². The molecule has 0 N–H and O–H groups in total. The Morgan fingerprint density at radius 3 is 2.25 bits per heavy atom. The van der Waals surface area contributed by atoms with Gasteiger partial charge >= 0.3 is 0 Å². The minimum atomic E-state index is -0.474. The average molecular weight is 270 g/mol. The summed E-state index contributed by atoms with van der Waals surface area (Å²) < 4.78 is 14.0. The summed E-state index contributed by atoms with van der Waals surface area (Å²) in [5, 5.41) is 0. The number of carbonyl (C=O) groups is 1. The first-order valence-corrected chi connectivity index (χ1v) is 6.90. The van der Waals surface area contributed by atoms with Gasteiger partial charge in [-0.05, 0) is 18.1 Å². The highest BCUT2D eigenvalue weighted by atomic mass is 19.1. The van der Waals surface area contributed by atoms with Crippen molar-refractivity contribution in [3.8, 4) is 0 Å². The summed E-state index contributed by atoms with van der Waals surface area (Å²) in [4.78, 5) is 12.4. The Balaban J connectivity index is 2.29. The molecule has 0 heterocycles. The first-order valence-electron chi connectivity index (χ1n) is 6.90. The van der Waals surface area contributed by atoms with Gasteiger partial charge in [-0.3, -0.25) is 4.79 Å². The number of benzene rings is 2. The summed E-state index contributed by atoms with van der Waals surface area (Å²) in [5.41, 5.74) is 0.827. The van der Waals surface area contributed by atoms with Gasteiger partial charge in [-0.15, -0.1) is 0 Å². The van der Waals surface area contributed by atoms with Crippen LogP contribution in [-0.2, 0) is 5.41 Å². The van der Waals surface area contributed by atoms with Crippen LogP contribution in [0.5, 0.6) is 0 Å². The minimum absolute atomic E-state index is 0.0539. The molecule has 0 spiro atoms. The third-order valence-corrected chi connectivity index (χ3v) is 3.95. The molecule has 2 rings (SSSR count). The summed E-state index contributed by atoms with van der Waals surface area (Å²) in [6.07, 6.45) is 1.03. The number of rotatable bonds is 5. The van der Waals surface area contributed by atoms with Crippen LogP contribution in [0, 0.1) is 5.82 Å². The van der Waals surface area contributed by atoms with Crippen molar-refractivity contribution in [2.45, 2.75) is 32.1 Å². The summed E-state index contributed by atoms with van der Waals surface area (Å²) >= 11 is 0. The second-order valence-electron chi connectivity index (χ2n) is 5.36. The first-order chi connectivity index (χ1) is 9.57. The monoisotopic (exact) mass is 270 g/mol. The summed E-state index contributed by atoms with van der Waals surface area (Å²) in [7, 11) is 0. The van der Waals surface area contributed by atoms with Crippen LogP contribution in [0.4, 0.5) is 4.39 Å². The van der Waals surface area contributed by atoms with Crippen molar-refractivity contribution in [3.63, 3.8) is 0 Å². The Kier molecular flexibility index (Phi) is 4.33. The molecule has 0 aliphatic rings. The van der Waals surface area contributed by atoms with Gasteiger partial charge in [-0.1, -0.05) is 62.4 Å². The topological polar surface area (TPSA) is 17.1 Å². The van der Waals surface area contributed by atoms with Gasteiger partial charge in [-0.25, -0.2) is 4.39 Å². The van der Waals surface area contributed by atoms with E-state index >= 15 is 0 Å². The molecule has 1 nitrogen and oxygen atoms in total. The molecule has 0 radical (unpaired) electrons. The van der Waals surface area contributed by atoms with Gasteiger partial charge in [0.15, 0.2) is 5.78 Å². The molecule has 20 heavy (non-hydrogen) atoms. The number of ketones is 1. The van der Waals surface area contributed by atoms with E-state index in [0.29, 0.717) is 24.0 Å². The van der Waals surface area contributed by atoms with Gasteiger partial charge in [0.25, 0.3) is 0 Å². The maximum absolute atomic E-state index is 14.0. The SMILES string of the molecule is CCC(C)(CC(=O)c1ccccc1)c1ccccc1F. The highest BCUT2D eigenvalue weighted by Gasteiger charge is 2.30. The van der Waals surface area contributed by atoms with Crippen LogP contribution < -0.4 is 0 Å². The summed E-state index contributed by atoms with van der Waals surface area (Å²) in [6.45, 7) is 3.94. The molecular formula is C18H19FO. The smallest absolute Gasteiger partial charge is 0.163 e. The van der Waals surface area contributed by atoms with E-state index in [0.717, 1.165) is 0 Å². The Hall–Kier alpha value is -1.96. The highest BCUT2D eigenvalue weighted by molar-refractivity contribution is 5.96. The van der Waals surface area contributed by atoms with Crippen LogP contribution in [0.2, 0.25) is 0 Å². The van der Waals surface area contributed by atoms with Crippen LogP contribution in [0.25, 0.3) is 0 Å². The highest BCUT2D eigenvalue weighted by Crippen LogP contribution is 2.34. The van der Waals surface area contributed by atoms with Gasteiger partial charge in [0.2, 0.25) is 0 Å². The average Bonchev–Trinajstić information content (AvgIpc) is 2.48. The standard InChI is InChI=1S/C18H19FO/c1-3-18(2,15-11-7-8-12-16(15)19)13-17(20)14-9-5-4-6-10-14/h4-12H,3,13H2,1-2H3. The molecule has 0 amide bonds. The summed E-state index contributed by atoms with van der Waals surface area (Å²) in [5.74, 6) is -0.184. The van der Waals surface area contributed by atoms with E-state index in [9.17, 15) is 9.18 Å². The van der Waals surface area contributed by atoms with Crippen LogP contribution in [-0.4, -0.2) is 5.78 Å². The van der Waals surface area contributed by atoms with Crippen molar-refractivity contribution in [2.24, 2.45) is 0 Å². The van der Waals surface area contributed by atoms with Crippen LogP contribution in [0.1, 0.15) is 42.6 Å². The first kappa shape index (κ1) is 14.4. The molecule has 0 aliphatic carbocycles. The van der Waals surface area contributed by atoms with Crippen molar-refractivity contribution >= 4 is 5.78 Å². The molecule has 104 valence electrons. The van der Waals surface area contributed by atoms with E-state index in [1.165, 1.54) is 6.07 Å². The molecule has 1 atom stereocenters. The number of carbonyl (C=O) groups excluding carboxylic acids is 1. The van der Waals surface area contributed by atoms with Crippen LogP contribution in [0.15, 0.2) is 54.6 Å². The molecule has 2 aromatic carbocycles. The molecule has 0 aromatic heterocycles. The van der Waals surface area contributed by atoms with Gasteiger partial charge in [0, 0.05) is 17.4 Å². The van der Waals surface area contributed by atoms with E-state index in [4.69, 9.17) is 0 Å². The Bertz CT molecular complexity index is 591. The summed E-state index contributed by atoms with van der Waals surface area (Å²) in [6, 6.07) is 15.9. The molecule has 2 heteroatoms.